The number of amides is 1. The number of aryl methyl sites for hydroxylation is 1. The average Bonchev–Trinajstić information content (AvgIpc) is 2.77. The zero-order valence-corrected chi connectivity index (χ0v) is 11.4. The number of carbonyl (C=O) groups is 1. The van der Waals surface area contributed by atoms with E-state index < -0.39 is 0 Å². The van der Waals surface area contributed by atoms with Gasteiger partial charge in [-0.25, -0.2) is 4.98 Å². The van der Waals surface area contributed by atoms with Crippen LogP contribution in [0.4, 0.5) is 0 Å². The molecule has 1 saturated heterocycles. The van der Waals surface area contributed by atoms with E-state index >= 15 is 0 Å². The van der Waals surface area contributed by atoms with Gasteiger partial charge in [-0.15, -0.1) is 5.10 Å². The lowest BCUT2D eigenvalue weighted by Crippen LogP contribution is -2.44. The molecule has 1 aromatic rings. The molecule has 1 aliphatic heterocycles. The number of aromatic nitrogens is 3. The summed E-state index contributed by atoms with van der Waals surface area (Å²) in [5.74, 6) is 1.79. The average molecular weight is 250 g/mol. The van der Waals surface area contributed by atoms with Gasteiger partial charge in [-0.05, 0) is 32.1 Å². The quantitative estimate of drug-likeness (QED) is 0.892. The molecule has 0 saturated carbocycles. The Balaban J connectivity index is 2.05. The van der Waals surface area contributed by atoms with E-state index in [1.165, 1.54) is 0 Å². The highest BCUT2D eigenvalue weighted by molar-refractivity contribution is 5.90. The van der Waals surface area contributed by atoms with Crippen LogP contribution in [0.25, 0.3) is 0 Å². The van der Waals surface area contributed by atoms with Crippen LogP contribution in [0.2, 0.25) is 0 Å². The minimum Gasteiger partial charge on any atom is -0.333 e. The number of rotatable bonds is 3. The summed E-state index contributed by atoms with van der Waals surface area (Å²) < 4.78 is 0. The van der Waals surface area contributed by atoms with Gasteiger partial charge in [0.05, 0.1) is 0 Å². The van der Waals surface area contributed by atoms with E-state index in [4.69, 9.17) is 0 Å². The SMILES string of the molecule is CCCc1nc(C(=O)N2CCC(C)CC2C)n[nH]1. The normalized spacial score (nSPS) is 24.3. The Morgan fingerprint density at radius 3 is 2.94 bits per heavy atom. The lowest BCUT2D eigenvalue weighted by atomic mass is 9.93. The summed E-state index contributed by atoms with van der Waals surface area (Å²) in [6, 6.07) is 0.286. The molecule has 18 heavy (non-hydrogen) atoms. The Bertz CT molecular complexity index is 415. The molecule has 2 heterocycles. The fraction of sp³-hybridized carbons (Fsp3) is 0.769. The minimum atomic E-state index is -0.0343. The molecule has 1 N–H and O–H groups in total. The first-order valence-corrected chi connectivity index (χ1v) is 6.84. The van der Waals surface area contributed by atoms with E-state index in [2.05, 4.69) is 36.0 Å². The molecule has 1 fully saturated rings. The Morgan fingerprint density at radius 1 is 1.50 bits per heavy atom. The number of carbonyl (C=O) groups excluding carboxylic acids is 1. The van der Waals surface area contributed by atoms with Gasteiger partial charge in [0, 0.05) is 19.0 Å². The van der Waals surface area contributed by atoms with Crippen molar-refractivity contribution in [1.29, 1.82) is 0 Å². The van der Waals surface area contributed by atoms with Gasteiger partial charge in [0.1, 0.15) is 5.82 Å². The number of H-pyrrole nitrogens is 1. The summed E-state index contributed by atoms with van der Waals surface area (Å²) >= 11 is 0. The molecule has 1 amide bonds. The Morgan fingerprint density at radius 2 is 2.28 bits per heavy atom. The van der Waals surface area contributed by atoms with E-state index in [1.807, 2.05) is 4.90 Å². The standard InChI is InChI=1S/C13H22N4O/c1-4-5-11-14-12(16-15-11)13(18)17-7-6-9(2)8-10(17)3/h9-10H,4-8H2,1-3H3,(H,14,15,16). The van der Waals surface area contributed by atoms with E-state index in [9.17, 15) is 4.79 Å². The van der Waals surface area contributed by atoms with Crippen molar-refractivity contribution in [3.05, 3.63) is 11.6 Å². The summed E-state index contributed by atoms with van der Waals surface area (Å²) in [7, 11) is 0. The van der Waals surface area contributed by atoms with Crippen LogP contribution >= 0.6 is 0 Å². The maximum atomic E-state index is 12.3. The number of likely N-dealkylation sites (tertiary alicyclic amines) is 1. The summed E-state index contributed by atoms with van der Waals surface area (Å²) in [6.07, 6.45) is 3.98. The Hall–Kier alpha value is -1.39. The fourth-order valence-electron chi connectivity index (χ4n) is 2.58. The van der Waals surface area contributed by atoms with Gasteiger partial charge >= 0.3 is 0 Å². The number of piperidine rings is 1. The molecule has 5 heteroatoms. The van der Waals surface area contributed by atoms with Crippen molar-refractivity contribution in [3.63, 3.8) is 0 Å². The Labute approximate surface area is 108 Å². The molecule has 0 bridgehead atoms. The van der Waals surface area contributed by atoms with E-state index in [1.54, 1.807) is 0 Å². The second-order valence-corrected chi connectivity index (χ2v) is 5.33. The number of aromatic amines is 1. The molecular formula is C13H22N4O. The number of nitrogens with one attached hydrogen (secondary N) is 1. The monoisotopic (exact) mass is 250 g/mol. The van der Waals surface area contributed by atoms with Crippen LogP contribution in [0.15, 0.2) is 0 Å². The third kappa shape index (κ3) is 2.71. The highest BCUT2D eigenvalue weighted by Gasteiger charge is 2.29. The molecule has 2 atom stereocenters. The highest BCUT2D eigenvalue weighted by Crippen LogP contribution is 2.23. The van der Waals surface area contributed by atoms with Crippen LogP contribution < -0.4 is 0 Å². The fourth-order valence-corrected chi connectivity index (χ4v) is 2.58. The van der Waals surface area contributed by atoms with E-state index in [0.29, 0.717) is 11.7 Å². The van der Waals surface area contributed by atoms with Gasteiger partial charge in [-0.1, -0.05) is 13.8 Å². The molecular weight excluding hydrogens is 228 g/mol. The molecule has 1 aliphatic rings. The zero-order chi connectivity index (χ0) is 13.1. The van der Waals surface area contributed by atoms with E-state index in [0.717, 1.165) is 38.1 Å². The van der Waals surface area contributed by atoms with Gasteiger partial charge in [0.2, 0.25) is 5.82 Å². The van der Waals surface area contributed by atoms with Gasteiger partial charge < -0.3 is 4.90 Å². The van der Waals surface area contributed by atoms with Crippen LogP contribution in [0.3, 0.4) is 0 Å². The van der Waals surface area contributed by atoms with Crippen LogP contribution in [0.1, 0.15) is 56.5 Å². The van der Waals surface area contributed by atoms with Gasteiger partial charge in [-0.3, -0.25) is 9.89 Å². The van der Waals surface area contributed by atoms with Crippen LogP contribution in [-0.2, 0) is 6.42 Å². The number of nitrogens with zero attached hydrogens (tertiary/aromatic N) is 3. The number of hydrogen-bond acceptors (Lipinski definition) is 3. The highest BCUT2D eigenvalue weighted by atomic mass is 16.2. The maximum Gasteiger partial charge on any atom is 0.293 e. The summed E-state index contributed by atoms with van der Waals surface area (Å²) in [5, 5.41) is 6.88. The van der Waals surface area contributed by atoms with Crippen molar-refractivity contribution in [2.45, 2.75) is 52.5 Å². The first-order chi connectivity index (χ1) is 8.61. The largest absolute Gasteiger partial charge is 0.333 e. The predicted octanol–water partition coefficient (Wildman–Crippen LogP) is 2.02. The summed E-state index contributed by atoms with van der Waals surface area (Å²) in [5.41, 5.74) is 0. The smallest absolute Gasteiger partial charge is 0.293 e. The molecule has 100 valence electrons. The molecule has 0 spiro atoms. The van der Waals surface area contributed by atoms with Crippen LogP contribution in [0.5, 0.6) is 0 Å². The molecule has 2 rings (SSSR count). The summed E-state index contributed by atoms with van der Waals surface area (Å²) in [4.78, 5) is 18.5. The third-order valence-corrected chi connectivity index (χ3v) is 3.61. The predicted molar refractivity (Wildman–Crippen MR) is 69.3 cm³/mol. The van der Waals surface area contributed by atoms with Crippen molar-refractivity contribution in [3.8, 4) is 0 Å². The molecule has 5 nitrogen and oxygen atoms in total. The van der Waals surface area contributed by atoms with E-state index in [-0.39, 0.29) is 11.9 Å². The van der Waals surface area contributed by atoms with Crippen LogP contribution in [0, 0.1) is 5.92 Å². The molecule has 0 aliphatic carbocycles. The number of hydrogen-bond donors (Lipinski definition) is 1. The molecule has 0 aromatic carbocycles. The Kier molecular flexibility index (Phi) is 3.99. The van der Waals surface area contributed by atoms with Crippen molar-refractivity contribution < 1.29 is 4.79 Å². The summed E-state index contributed by atoms with van der Waals surface area (Å²) in [6.45, 7) is 7.24. The van der Waals surface area contributed by atoms with Crippen LogP contribution in [-0.4, -0.2) is 38.6 Å². The second-order valence-electron chi connectivity index (χ2n) is 5.33. The zero-order valence-electron chi connectivity index (χ0n) is 11.4. The van der Waals surface area contributed by atoms with Crippen molar-refractivity contribution in [2.24, 2.45) is 5.92 Å². The van der Waals surface area contributed by atoms with Gasteiger partial charge in [0.25, 0.3) is 5.91 Å². The van der Waals surface area contributed by atoms with Crippen molar-refractivity contribution >= 4 is 5.91 Å². The lowest BCUT2D eigenvalue weighted by molar-refractivity contribution is 0.0576. The molecule has 1 aromatic heterocycles. The van der Waals surface area contributed by atoms with Gasteiger partial charge in [0.15, 0.2) is 0 Å². The second kappa shape index (κ2) is 5.50. The van der Waals surface area contributed by atoms with Crippen molar-refractivity contribution in [2.75, 3.05) is 6.54 Å². The topological polar surface area (TPSA) is 61.9 Å². The molecule has 2 unspecified atom stereocenters. The first kappa shape index (κ1) is 13.1. The first-order valence-electron chi connectivity index (χ1n) is 6.84. The minimum absolute atomic E-state index is 0.0343. The lowest BCUT2D eigenvalue weighted by Gasteiger charge is -2.35. The molecule has 0 radical (unpaired) electrons. The third-order valence-electron chi connectivity index (χ3n) is 3.61. The van der Waals surface area contributed by atoms with Crippen molar-refractivity contribution in [1.82, 2.24) is 20.1 Å². The maximum absolute atomic E-state index is 12.3. The van der Waals surface area contributed by atoms with Gasteiger partial charge in [-0.2, -0.15) is 0 Å².